The maximum Gasteiger partial charge on any atom is 0.167 e. The van der Waals surface area contributed by atoms with Gasteiger partial charge in [0.05, 0.1) is 0 Å². The summed E-state index contributed by atoms with van der Waals surface area (Å²) in [6.07, 6.45) is -0.844. The van der Waals surface area contributed by atoms with Crippen molar-refractivity contribution >= 4 is 5.69 Å². The van der Waals surface area contributed by atoms with Gasteiger partial charge in [0.25, 0.3) is 0 Å². The molecule has 19 heavy (non-hydrogen) atoms. The summed E-state index contributed by atoms with van der Waals surface area (Å²) in [7, 11) is 0. The van der Waals surface area contributed by atoms with Gasteiger partial charge < -0.3 is 15.6 Å². The molecule has 2 rings (SSSR count). The number of benzene rings is 2. The summed E-state index contributed by atoms with van der Waals surface area (Å²) in [5, 5.41) is 9.96. The van der Waals surface area contributed by atoms with E-state index in [0.717, 1.165) is 0 Å². The smallest absolute Gasteiger partial charge is 0.167 e. The van der Waals surface area contributed by atoms with Crippen molar-refractivity contribution in [2.75, 3.05) is 12.3 Å². The number of rotatable bonds is 4. The average molecular weight is 261 g/mol. The molecule has 0 aliphatic heterocycles. The first-order valence-electron chi connectivity index (χ1n) is 5.99. The predicted molar refractivity (Wildman–Crippen MR) is 72.4 cm³/mol. The van der Waals surface area contributed by atoms with Gasteiger partial charge in [-0.2, -0.15) is 0 Å². The number of nitrogens with two attached hydrogens (primary N) is 1. The molecule has 0 fully saturated rings. The fourth-order valence-corrected chi connectivity index (χ4v) is 1.76. The lowest BCUT2D eigenvalue weighted by molar-refractivity contribution is 0.106. The van der Waals surface area contributed by atoms with Crippen molar-refractivity contribution in [1.82, 2.24) is 0 Å². The Hall–Kier alpha value is -2.07. The minimum atomic E-state index is -0.844. The fraction of sp³-hybridized carbons (Fsp3) is 0.200. The summed E-state index contributed by atoms with van der Waals surface area (Å²) in [6, 6.07) is 11.8. The Balaban J connectivity index is 2.04. The Morgan fingerprint density at radius 3 is 2.74 bits per heavy atom. The number of anilines is 1. The van der Waals surface area contributed by atoms with Crippen LogP contribution in [-0.4, -0.2) is 11.7 Å². The van der Waals surface area contributed by atoms with Gasteiger partial charge in [0, 0.05) is 5.69 Å². The van der Waals surface area contributed by atoms with Gasteiger partial charge in [0.15, 0.2) is 11.6 Å². The van der Waals surface area contributed by atoms with Gasteiger partial charge in [-0.15, -0.1) is 0 Å². The summed E-state index contributed by atoms with van der Waals surface area (Å²) >= 11 is 0. The molecule has 0 heterocycles. The second kappa shape index (κ2) is 5.71. The molecule has 0 aliphatic rings. The zero-order chi connectivity index (χ0) is 13.8. The molecule has 1 atom stereocenters. The van der Waals surface area contributed by atoms with Crippen molar-refractivity contribution in [2.45, 2.75) is 13.0 Å². The van der Waals surface area contributed by atoms with E-state index in [1.165, 1.54) is 6.07 Å². The van der Waals surface area contributed by atoms with Crippen LogP contribution in [0.5, 0.6) is 5.75 Å². The molecule has 4 heteroatoms. The number of ether oxygens (including phenoxy) is 1. The lowest BCUT2D eigenvalue weighted by atomic mass is 10.1. The van der Waals surface area contributed by atoms with Crippen LogP contribution < -0.4 is 10.5 Å². The molecule has 2 aromatic carbocycles. The SMILES string of the molecule is Cc1cccc(OCC(O)c2cccc(N)c2)c1F. The number of aliphatic hydroxyl groups excluding tert-OH is 1. The minimum Gasteiger partial charge on any atom is -0.487 e. The molecule has 0 aliphatic carbocycles. The zero-order valence-corrected chi connectivity index (χ0v) is 10.6. The van der Waals surface area contributed by atoms with Crippen molar-refractivity contribution in [3.63, 3.8) is 0 Å². The number of hydrogen-bond acceptors (Lipinski definition) is 3. The predicted octanol–water partition coefficient (Wildman–Crippen LogP) is 2.83. The first-order valence-corrected chi connectivity index (χ1v) is 5.99. The monoisotopic (exact) mass is 261 g/mol. The third-order valence-electron chi connectivity index (χ3n) is 2.85. The van der Waals surface area contributed by atoms with Crippen molar-refractivity contribution in [3.8, 4) is 5.75 Å². The van der Waals surface area contributed by atoms with Crippen LogP contribution >= 0.6 is 0 Å². The van der Waals surface area contributed by atoms with Crippen molar-refractivity contribution in [2.24, 2.45) is 0 Å². The van der Waals surface area contributed by atoms with E-state index in [1.54, 1.807) is 43.3 Å². The molecule has 0 aromatic heterocycles. The number of aryl methyl sites for hydroxylation is 1. The van der Waals surface area contributed by atoms with Crippen LogP contribution in [0.1, 0.15) is 17.2 Å². The molecule has 0 saturated carbocycles. The highest BCUT2D eigenvalue weighted by molar-refractivity contribution is 5.41. The number of halogens is 1. The van der Waals surface area contributed by atoms with Gasteiger partial charge >= 0.3 is 0 Å². The van der Waals surface area contributed by atoms with Gasteiger partial charge in [0.1, 0.15) is 12.7 Å². The lowest BCUT2D eigenvalue weighted by Gasteiger charge is -2.14. The summed E-state index contributed by atoms with van der Waals surface area (Å²) in [4.78, 5) is 0. The van der Waals surface area contributed by atoms with Crippen LogP contribution in [0.15, 0.2) is 42.5 Å². The summed E-state index contributed by atoms with van der Waals surface area (Å²) in [6.45, 7) is 1.64. The molecule has 3 nitrogen and oxygen atoms in total. The molecular formula is C15H16FNO2. The Bertz CT molecular complexity index is 572. The zero-order valence-electron chi connectivity index (χ0n) is 10.6. The number of aliphatic hydroxyl groups is 1. The quantitative estimate of drug-likeness (QED) is 0.832. The van der Waals surface area contributed by atoms with Crippen LogP contribution in [0.4, 0.5) is 10.1 Å². The van der Waals surface area contributed by atoms with Gasteiger partial charge in [-0.25, -0.2) is 4.39 Å². The van der Waals surface area contributed by atoms with E-state index in [9.17, 15) is 9.50 Å². The van der Waals surface area contributed by atoms with Crippen LogP contribution in [0, 0.1) is 12.7 Å². The van der Waals surface area contributed by atoms with E-state index in [0.29, 0.717) is 16.8 Å². The Labute approximate surface area is 111 Å². The molecule has 0 bridgehead atoms. The first-order chi connectivity index (χ1) is 9.08. The van der Waals surface area contributed by atoms with Crippen molar-refractivity contribution in [1.29, 1.82) is 0 Å². The van der Waals surface area contributed by atoms with Crippen LogP contribution in [0.3, 0.4) is 0 Å². The first kappa shape index (κ1) is 13.4. The molecule has 0 spiro atoms. The van der Waals surface area contributed by atoms with Gasteiger partial charge in [-0.1, -0.05) is 24.3 Å². The standard InChI is InChI=1S/C15H16FNO2/c1-10-4-2-7-14(15(10)16)19-9-13(18)11-5-3-6-12(17)8-11/h2-8,13,18H,9,17H2,1H3. The van der Waals surface area contributed by atoms with E-state index < -0.39 is 11.9 Å². The third kappa shape index (κ3) is 3.23. The Morgan fingerprint density at radius 2 is 2.00 bits per heavy atom. The topological polar surface area (TPSA) is 55.5 Å². The fourth-order valence-electron chi connectivity index (χ4n) is 1.76. The van der Waals surface area contributed by atoms with E-state index in [4.69, 9.17) is 10.5 Å². The molecule has 100 valence electrons. The van der Waals surface area contributed by atoms with Crippen LogP contribution in [-0.2, 0) is 0 Å². The van der Waals surface area contributed by atoms with Gasteiger partial charge in [-0.05, 0) is 36.2 Å². The minimum absolute atomic E-state index is 0.0240. The second-order valence-electron chi connectivity index (χ2n) is 4.38. The highest BCUT2D eigenvalue weighted by atomic mass is 19.1. The summed E-state index contributed by atoms with van der Waals surface area (Å²) < 4.78 is 19.0. The van der Waals surface area contributed by atoms with Gasteiger partial charge in [0.2, 0.25) is 0 Å². The second-order valence-corrected chi connectivity index (χ2v) is 4.38. The average Bonchev–Trinajstić information content (AvgIpc) is 2.40. The van der Waals surface area contributed by atoms with E-state index in [1.807, 2.05) is 0 Å². The largest absolute Gasteiger partial charge is 0.487 e. The normalized spacial score (nSPS) is 12.2. The molecule has 0 saturated heterocycles. The Kier molecular flexibility index (Phi) is 4.02. The molecule has 2 aromatic rings. The highest BCUT2D eigenvalue weighted by Gasteiger charge is 2.11. The van der Waals surface area contributed by atoms with Gasteiger partial charge in [-0.3, -0.25) is 0 Å². The third-order valence-corrected chi connectivity index (χ3v) is 2.85. The maximum atomic E-state index is 13.7. The highest BCUT2D eigenvalue weighted by Crippen LogP contribution is 2.22. The van der Waals surface area contributed by atoms with E-state index >= 15 is 0 Å². The molecule has 1 unspecified atom stereocenters. The maximum absolute atomic E-state index is 13.7. The van der Waals surface area contributed by atoms with Crippen molar-refractivity contribution < 1.29 is 14.2 Å². The molecular weight excluding hydrogens is 245 g/mol. The summed E-state index contributed by atoms with van der Waals surface area (Å²) in [5.74, 6) is -0.259. The van der Waals surface area contributed by atoms with E-state index in [-0.39, 0.29) is 12.4 Å². The number of hydrogen-bond donors (Lipinski definition) is 2. The molecule has 3 N–H and O–H groups in total. The molecule has 0 amide bonds. The van der Waals surface area contributed by atoms with Crippen molar-refractivity contribution in [3.05, 3.63) is 59.4 Å². The number of nitrogen functional groups attached to an aromatic ring is 1. The van der Waals surface area contributed by atoms with E-state index in [2.05, 4.69) is 0 Å². The molecule has 0 radical (unpaired) electrons. The van der Waals surface area contributed by atoms with Crippen LogP contribution in [0.25, 0.3) is 0 Å². The lowest BCUT2D eigenvalue weighted by Crippen LogP contribution is -2.10. The summed E-state index contributed by atoms with van der Waals surface area (Å²) in [5.41, 5.74) is 7.36. The van der Waals surface area contributed by atoms with Crippen LogP contribution in [0.2, 0.25) is 0 Å². The Morgan fingerprint density at radius 1 is 1.26 bits per heavy atom.